The molecule has 0 aromatic heterocycles. The van der Waals surface area contributed by atoms with E-state index in [1.54, 1.807) is 0 Å². The van der Waals surface area contributed by atoms with Gasteiger partial charge in [0.05, 0.1) is 0 Å². The molecule has 0 radical (unpaired) electrons. The van der Waals surface area contributed by atoms with Crippen molar-refractivity contribution in [3.8, 4) is 0 Å². The first-order chi connectivity index (χ1) is 14.8. The van der Waals surface area contributed by atoms with Crippen molar-refractivity contribution in [1.29, 1.82) is 0 Å². The third-order valence-corrected chi connectivity index (χ3v) is 5.30. The van der Waals surface area contributed by atoms with Gasteiger partial charge in [-0.25, -0.2) is 9.59 Å². The SMILES string of the molecule is CN(C)c1ccc(CC2CCN(Cc3ccccc3)CC2)cc1.O=C(O)C=CC(=O)O. The number of nitrogens with zero attached hydrogens (tertiary/aromatic N) is 2. The van der Waals surface area contributed by atoms with Crippen LogP contribution < -0.4 is 4.90 Å². The number of likely N-dealkylation sites (tertiary alicyclic amines) is 1. The van der Waals surface area contributed by atoms with Crippen molar-refractivity contribution >= 4 is 17.6 Å². The van der Waals surface area contributed by atoms with Crippen molar-refractivity contribution in [2.45, 2.75) is 25.8 Å². The standard InChI is InChI=1S/C21H28N2.C4H4O4/c1-22(2)21-10-8-18(9-11-21)16-19-12-14-23(15-13-19)17-20-6-4-3-5-7-20;5-3(6)1-2-4(7)8/h3-11,19H,12-17H2,1-2H3;1-2H,(H,5,6)(H,7,8). The van der Waals surface area contributed by atoms with Crippen LogP contribution in [-0.2, 0) is 22.6 Å². The number of aliphatic carboxylic acids is 2. The maximum Gasteiger partial charge on any atom is 0.328 e. The van der Waals surface area contributed by atoms with Crippen molar-refractivity contribution in [3.05, 3.63) is 77.9 Å². The van der Waals surface area contributed by atoms with Crippen molar-refractivity contribution in [2.75, 3.05) is 32.1 Å². The lowest BCUT2D eigenvalue weighted by molar-refractivity contribution is -0.134. The summed E-state index contributed by atoms with van der Waals surface area (Å²) in [6.07, 6.45) is 4.99. The number of carboxylic acid groups (broad SMARTS) is 2. The Labute approximate surface area is 184 Å². The number of piperidine rings is 1. The molecular weight excluding hydrogens is 392 g/mol. The molecule has 1 heterocycles. The quantitative estimate of drug-likeness (QED) is 0.656. The number of hydrogen-bond donors (Lipinski definition) is 2. The van der Waals surface area contributed by atoms with E-state index in [2.05, 4.69) is 78.5 Å². The predicted octanol–water partition coefficient (Wildman–Crippen LogP) is 3.92. The summed E-state index contributed by atoms with van der Waals surface area (Å²) in [5.41, 5.74) is 4.20. The molecule has 0 amide bonds. The monoisotopic (exact) mass is 424 g/mol. The van der Waals surface area contributed by atoms with Gasteiger partial charge in [-0.15, -0.1) is 0 Å². The Morgan fingerprint density at radius 1 is 0.903 bits per heavy atom. The van der Waals surface area contributed by atoms with Gasteiger partial charge < -0.3 is 15.1 Å². The normalized spacial score (nSPS) is 14.6. The molecule has 6 heteroatoms. The molecule has 1 fully saturated rings. The van der Waals surface area contributed by atoms with E-state index in [-0.39, 0.29) is 0 Å². The summed E-state index contributed by atoms with van der Waals surface area (Å²) in [7, 11) is 4.19. The van der Waals surface area contributed by atoms with E-state index in [4.69, 9.17) is 10.2 Å². The highest BCUT2D eigenvalue weighted by Crippen LogP contribution is 2.24. The van der Waals surface area contributed by atoms with E-state index in [9.17, 15) is 9.59 Å². The molecule has 1 aliphatic rings. The molecule has 2 N–H and O–H groups in total. The van der Waals surface area contributed by atoms with Crippen LogP contribution in [-0.4, -0.2) is 54.2 Å². The number of carboxylic acids is 2. The maximum absolute atomic E-state index is 9.55. The first-order valence-electron chi connectivity index (χ1n) is 10.5. The third kappa shape index (κ3) is 9.49. The minimum Gasteiger partial charge on any atom is -0.478 e. The Morgan fingerprint density at radius 2 is 1.45 bits per heavy atom. The summed E-state index contributed by atoms with van der Waals surface area (Å²) in [6, 6.07) is 19.9. The molecule has 3 rings (SSSR count). The zero-order chi connectivity index (χ0) is 22.6. The highest BCUT2D eigenvalue weighted by Gasteiger charge is 2.19. The van der Waals surface area contributed by atoms with Crippen LogP contribution in [0.3, 0.4) is 0 Å². The van der Waals surface area contributed by atoms with E-state index in [0.717, 1.165) is 12.5 Å². The molecular formula is C25H32N2O4. The highest BCUT2D eigenvalue weighted by atomic mass is 16.4. The second-order valence-electron chi connectivity index (χ2n) is 7.98. The summed E-state index contributed by atoms with van der Waals surface area (Å²) in [6.45, 7) is 3.57. The van der Waals surface area contributed by atoms with E-state index in [1.807, 2.05) is 0 Å². The van der Waals surface area contributed by atoms with Crippen LogP contribution in [0.1, 0.15) is 24.0 Å². The molecule has 166 valence electrons. The van der Waals surface area contributed by atoms with E-state index in [0.29, 0.717) is 12.2 Å². The van der Waals surface area contributed by atoms with Crippen LogP contribution in [0, 0.1) is 5.92 Å². The van der Waals surface area contributed by atoms with Gasteiger partial charge in [-0.1, -0.05) is 42.5 Å². The first kappa shape index (κ1) is 24.2. The van der Waals surface area contributed by atoms with Crippen LogP contribution in [0.25, 0.3) is 0 Å². The van der Waals surface area contributed by atoms with Crippen molar-refractivity contribution in [1.82, 2.24) is 4.90 Å². The van der Waals surface area contributed by atoms with Crippen LogP contribution in [0.5, 0.6) is 0 Å². The van der Waals surface area contributed by atoms with Gasteiger partial charge in [0.2, 0.25) is 0 Å². The van der Waals surface area contributed by atoms with Gasteiger partial charge in [0.25, 0.3) is 0 Å². The lowest BCUT2D eigenvalue weighted by Crippen LogP contribution is -2.33. The Balaban J connectivity index is 0.000000366. The van der Waals surface area contributed by atoms with Gasteiger partial charge in [0, 0.05) is 38.5 Å². The number of carbonyl (C=O) groups is 2. The lowest BCUT2D eigenvalue weighted by atomic mass is 9.90. The Hall–Kier alpha value is -3.12. The fourth-order valence-electron chi connectivity index (χ4n) is 3.60. The molecule has 2 aromatic rings. The van der Waals surface area contributed by atoms with Gasteiger partial charge in [0.1, 0.15) is 0 Å². The molecule has 6 nitrogen and oxygen atoms in total. The largest absolute Gasteiger partial charge is 0.478 e. The minimum absolute atomic E-state index is 0.558. The Kier molecular flexibility index (Phi) is 9.78. The summed E-state index contributed by atoms with van der Waals surface area (Å²) in [5, 5.41) is 15.6. The summed E-state index contributed by atoms with van der Waals surface area (Å²) >= 11 is 0. The van der Waals surface area contributed by atoms with Crippen LogP contribution in [0.15, 0.2) is 66.7 Å². The van der Waals surface area contributed by atoms with E-state index < -0.39 is 11.9 Å². The molecule has 1 saturated heterocycles. The van der Waals surface area contributed by atoms with Crippen LogP contribution in [0.4, 0.5) is 5.69 Å². The van der Waals surface area contributed by atoms with E-state index in [1.165, 1.54) is 49.2 Å². The predicted molar refractivity (Wildman–Crippen MR) is 123 cm³/mol. The van der Waals surface area contributed by atoms with Crippen molar-refractivity contribution in [2.24, 2.45) is 5.92 Å². The molecule has 31 heavy (non-hydrogen) atoms. The zero-order valence-corrected chi connectivity index (χ0v) is 18.3. The minimum atomic E-state index is -1.26. The number of anilines is 1. The Bertz CT molecular complexity index is 824. The molecule has 0 saturated carbocycles. The van der Waals surface area contributed by atoms with Crippen molar-refractivity contribution < 1.29 is 19.8 Å². The number of hydrogen-bond acceptors (Lipinski definition) is 4. The average molecular weight is 425 g/mol. The van der Waals surface area contributed by atoms with Gasteiger partial charge in [-0.2, -0.15) is 0 Å². The third-order valence-electron chi connectivity index (χ3n) is 5.30. The molecule has 1 aliphatic heterocycles. The maximum atomic E-state index is 9.55. The smallest absolute Gasteiger partial charge is 0.328 e. The topological polar surface area (TPSA) is 81.1 Å². The number of rotatable bonds is 7. The molecule has 0 bridgehead atoms. The lowest BCUT2D eigenvalue weighted by Gasteiger charge is -2.32. The highest BCUT2D eigenvalue weighted by molar-refractivity contribution is 5.89. The average Bonchev–Trinajstić information content (AvgIpc) is 2.75. The molecule has 0 spiro atoms. The van der Waals surface area contributed by atoms with Gasteiger partial charge in [-0.3, -0.25) is 4.90 Å². The van der Waals surface area contributed by atoms with Gasteiger partial charge in [-0.05, 0) is 61.5 Å². The fraction of sp³-hybridized carbons (Fsp3) is 0.360. The number of benzene rings is 2. The molecule has 2 aromatic carbocycles. The van der Waals surface area contributed by atoms with Crippen LogP contribution in [0.2, 0.25) is 0 Å². The Morgan fingerprint density at radius 3 is 1.94 bits per heavy atom. The second-order valence-corrected chi connectivity index (χ2v) is 7.98. The summed E-state index contributed by atoms with van der Waals surface area (Å²) in [4.78, 5) is 23.9. The zero-order valence-electron chi connectivity index (χ0n) is 18.3. The molecule has 0 atom stereocenters. The van der Waals surface area contributed by atoms with Gasteiger partial charge >= 0.3 is 11.9 Å². The summed E-state index contributed by atoms with van der Waals surface area (Å²) in [5.74, 6) is -1.67. The molecule has 0 aliphatic carbocycles. The van der Waals surface area contributed by atoms with Crippen LogP contribution >= 0.6 is 0 Å². The molecule has 0 unspecified atom stereocenters. The van der Waals surface area contributed by atoms with E-state index >= 15 is 0 Å². The summed E-state index contributed by atoms with van der Waals surface area (Å²) < 4.78 is 0. The van der Waals surface area contributed by atoms with Gasteiger partial charge in [0.15, 0.2) is 0 Å². The second kappa shape index (κ2) is 12.5. The fourth-order valence-corrected chi connectivity index (χ4v) is 3.60. The van der Waals surface area contributed by atoms with Crippen molar-refractivity contribution in [3.63, 3.8) is 0 Å². The first-order valence-corrected chi connectivity index (χ1v) is 10.5.